The molecule has 1 aliphatic rings. The van der Waals surface area contributed by atoms with Crippen LogP contribution in [0.2, 0.25) is 0 Å². The van der Waals surface area contributed by atoms with Gasteiger partial charge in [0.2, 0.25) is 0 Å². The van der Waals surface area contributed by atoms with Crippen molar-refractivity contribution in [3.05, 3.63) is 35.9 Å². The van der Waals surface area contributed by atoms with E-state index >= 15 is 0 Å². The topological polar surface area (TPSA) is 92.7 Å². The highest BCUT2D eigenvalue weighted by atomic mass is 32.2. The summed E-state index contributed by atoms with van der Waals surface area (Å²) in [5, 5.41) is 12.7. The second-order valence-electron chi connectivity index (χ2n) is 5.29. The molecule has 1 aliphatic heterocycles. The van der Waals surface area contributed by atoms with Crippen LogP contribution >= 0.6 is 0 Å². The van der Waals surface area contributed by atoms with Gasteiger partial charge in [-0.2, -0.15) is 0 Å². The van der Waals surface area contributed by atoms with Crippen molar-refractivity contribution in [2.24, 2.45) is 0 Å². The Balaban J connectivity index is 1.74. The van der Waals surface area contributed by atoms with Crippen molar-refractivity contribution in [1.82, 2.24) is 5.32 Å². The van der Waals surface area contributed by atoms with E-state index in [4.69, 9.17) is 4.74 Å². The quantitative estimate of drug-likeness (QED) is 0.860. The van der Waals surface area contributed by atoms with Gasteiger partial charge >= 0.3 is 6.09 Å². The Morgan fingerprint density at radius 2 is 1.86 bits per heavy atom. The Morgan fingerprint density at radius 1 is 1.24 bits per heavy atom. The molecule has 0 saturated carbocycles. The molecule has 2 rings (SSSR count). The van der Waals surface area contributed by atoms with Crippen LogP contribution in [0.5, 0.6) is 0 Å². The second kappa shape index (κ2) is 6.44. The molecular weight excluding hydrogens is 294 g/mol. The summed E-state index contributed by atoms with van der Waals surface area (Å²) in [6.45, 7) is 0.148. The van der Waals surface area contributed by atoms with Crippen molar-refractivity contribution in [3.63, 3.8) is 0 Å². The molecule has 2 N–H and O–H groups in total. The number of hydrogen-bond donors (Lipinski definition) is 2. The number of benzene rings is 1. The van der Waals surface area contributed by atoms with Crippen LogP contribution in [0.1, 0.15) is 18.4 Å². The number of amides is 1. The summed E-state index contributed by atoms with van der Waals surface area (Å²) in [6.07, 6.45) is -0.358. The van der Waals surface area contributed by atoms with Gasteiger partial charge in [-0.05, 0) is 18.4 Å². The first kappa shape index (κ1) is 15.8. The van der Waals surface area contributed by atoms with Gasteiger partial charge in [0, 0.05) is 6.54 Å². The summed E-state index contributed by atoms with van der Waals surface area (Å²) in [4.78, 5) is 11.6. The van der Waals surface area contributed by atoms with Crippen molar-refractivity contribution in [2.45, 2.75) is 25.0 Å². The highest BCUT2D eigenvalue weighted by molar-refractivity contribution is 7.91. The summed E-state index contributed by atoms with van der Waals surface area (Å²) < 4.78 is 27.7. The molecule has 7 heteroatoms. The lowest BCUT2D eigenvalue weighted by molar-refractivity contribution is 0.0287. The maximum atomic E-state index is 11.6. The van der Waals surface area contributed by atoms with Crippen molar-refractivity contribution >= 4 is 15.9 Å². The number of rotatable bonds is 4. The molecule has 1 saturated heterocycles. The Labute approximate surface area is 124 Å². The van der Waals surface area contributed by atoms with Crippen LogP contribution in [0, 0.1) is 0 Å². The van der Waals surface area contributed by atoms with E-state index in [9.17, 15) is 18.3 Å². The lowest BCUT2D eigenvalue weighted by Gasteiger charge is -2.31. The molecule has 1 fully saturated rings. The lowest BCUT2D eigenvalue weighted by Crippen LogP contribution is -2.48. The zero-order chi connectivity index (χ0) is 15.3. The number of nitrogens with one attached hydrogen (secondary N) is 1. The molecule has 0 aromatic heterocycles. The van der Waals surface area contributed by atoms with E-state index < -0.39 is 21.5 Å². The average molecular weight is 313 g/mol. The number of ether oxygens (including phenoxy) is 1. The number of sulfone groups is 1. The Bertz CT molecular complexity index is 571. The maximum absolute atomic E-state index is 11.6. The number of carbonyl (C=O) groups is 1. The van der Waals surface area contributed by atoms with Crippen LogP contribution in [0.15, 0.2) is 30.3 Å². The predicted molar refractivity (Wildman–Crippen MR) is 77.5 cm³/mol. The van der Waals surface area contributed by atoms with Gasteiger partial charge in [-0.15, -0.1) is 0 Å². The third-order valence-electron chi connectivity index (χ3n) is 3.53. The first-order chi connectivity index (χ1) is 9.89. The zero-order valence-corrected chi connectivity index (χ0v) is 12.4. The third kappa shape index (κ3) is 5.02. The molecule has 1 aromatic carbocycles. The fourth-order valence-electron chi connectivity index (χ4n) is 2.11. The molecule has 0 radical (unpaired) electrons. The van der Waals surface area contributed by atoms with E-state index in [-0.39, 0.29) is 37.5 Å². The summed E-state index contributed by atoms with van der Waals surface area (Å²) in [6, 6.07) is 9.25. The molecule has 0 bridgehead atoms. The van der Waals surface area contributed by atoms with Crippen molar-refractivity contribution in [1.29, 1.82) is 0 Å². The van der Waals surface area contributed by atoms with Crippen molar-refractivity contribution in [3.8, 4) is 0 Å². The van der Waals surface area contributed by atoms with Crippen LogP contribution in [0.25, 0.3) is 0 Å². The molecule has 6 nitrogen and oxygen atoms in total. The van der Waals surface area contributed by atoms with Gasteiger partial charge < -0.3 is 15.2 Å². The Morgan fingerprint density at radius 3 is 2.48 bits per heavy atom. The minimum Gasteiger partial charge on any atom is -0.445 e. The van der Waals surface area contributed by atoms with E-state index in [1.807, 2.05) is 30.3 Å². The summed E-state index contributed by atoms with van der Waals surface area (Å²) >= 11 is 0. The lowest BCUT2D eigenvalue weighted by atomic mass is 9.97. The molecule has 1 aromatic rings. The average Bonchev–Trinajstić information content (AvgIpc) is 2.48. The fourth-order valence-corrected chi connectivity index (χ4v) is 3.69. The highest BCUT2D eigenvalue weighted by Crippen LogP contribution is 2.22. The Hall–Kier alpha value is -1.60. The summed E-state index contributed by atoms with van der Waals surface area (Å²) in [7, 11) is -3.04. The minimum atomic E-state index is -3.04. The molecule has 1 amide bonds. The Kier molecular flexibility index (Phi) is 4.84. The normalized spacial score (nSPS) is 19.7. The van der Waals surface area contributed by atoms with Gasteiger partial charge in [0.25, 0.3) is 0 Å². The highest BCUT2D eigenvalue weighted by Gasteiger charge is 2.35. The van der Waals surface area contributed by atoms with E-state index in [2.05, 4.69) is 5.32 Å². The molecule has 0 atom stereocenters. The van der Waals surface area contributed by atoms with Crippen LogP contribution in [-0.4, -0.2) is 43.3 Å². The second-order valence-corrected chi connectivity index (χ2v) is 7.60. The minimum absolute atomic E-state index is 0.00383. The van der Waals surface area contributed by atoms with Gasteiger partial charge in [-0.1, -0.05) is 30.3 Å². The SMILES string of the molecule is O=C(NCC1(O)CCS(=O)(=O)CC1)OCc1ccccc1. The molecule has 1 heterocycles. The number of carbonyl (C=O) groups excluding carboxylic acids is 1. The largest absolute Gasteiger partial charge is 0.445 e. The van der Waals surface area contributed by atoms with Gasteiger partial charge in [-0.25, -0.2) is 13.2 Å². The van der Waals surface area contributed by atoms with Gasteiger partial charge in [0.05, 0.1) is 17.1 Å². The van der Waals surface area contributed by atoms with Crippen LogP contribution in [0.3, 0.4) is 0 Å². The predicted octanol–water partition coefficient (Wildman–Crippen LogP) is 0.852. The van der Waals surface area contributed by atoms with Crippen molar-refractivity contribution in [2.75, 3.05) is 18.1 Å². The van der Waals surface area contributed by atoms with E-state index in [0.717, 1.165) is 5.56 Å². The van der Waals surface area contributed by atoms with Crippen molar-refractivity contribution < 1.29 is 23.1 Å². The van der Waals surface area contributed by atoms with Gasteiger partial charge in [0.1, 0.15) is 6.61 Å². The van der Waals surface area contributed by atoms with Gasteiger partial charge in [-0.3, -0.25) is 0 Å². The van der Waals surface area contributed by atoms with Crippen LogP contribution in [-0.2, 0) is 21.2 Å². The van der Waals surface area contributed by atoms with Crippen LogP contribution in [0.4, 0.5) is 4.79 Å². The number of alkyl carbamates (subject to hydrolysis) is 1. The maximum Gasteiger partial charge on any atom is 0.407 e. The van der Waals surface area contributed by atoms with E-state index in [1.54, 1.807) is 0 Å². The number of aliphatic hydroxyl groups is 1. The fraction of sp³-hybridized carbons (Fsp3) is 0.500. The molecule has 21 heavy (non-hydrogen) atoms. The smallest absolute Gasteiger partial charge is 0.407 e. The monoisotopic (exact) mass is 313 g/mol. The van der Waals surface area contributed by atoms with E-state index in [0.29, 0.717) is 0 Å². The molecule has 0 spiro atoms. The molecular formula is C14H19NO5S. The number of hydrogen-bond acceptors (Lipinski definition) is 5. The standard InChI is InChI=1S/C14H19NO5S/c16-13(20-10-12-4-2-1-3-5-12)15-11-14(17)6-8-21(18,19)9-7-14/h1-5,17H,6-11H2,(H,15,16). The molecule has 0 unspecified atom stereocenters. The first-order valence-corrected chi connectivity index (χ1v) is 8.58. The van der Waals surface area contributed by atoms with Gasteiger partial charge in [0.15, 0.2) is 9.84 Å². The third-order valence-corrected chi connectivity index (χ3v) is 5.18. The van der Waals surface area contributed by atoms with Crippen LogP contribution < -0.4 is 5.32 Å². The first-order valence-electron chi connectivity index (χ1n) is 6.76. The molecule has 0 aliphatic carbocycles. The summed E-state index contributed by atoms with van der Waals surface area (Å²) in [5.74, 6) is -0.103. The zero-order valence-electron chi connectivity index (χ0n) is 11.6. The summed E-state index contributed by atoms with van der Waals surface area (Å²) in [5.41, 5.74) is -0.299. The molecule has 116 valence electrons. The van der Waals surface area contributed by atoms with E-state index in [1.165, 1.54) is 0 Å².